The van der Waals surface area contributed by atoms with E-state index < -0.39 is 0 Å². The number of aromatic nitrogens is 2. The molecule has 0 spiro atoms. The number of hydrogen-bond acceptors (Lipinski definition) is 2. The van der Waals surface area contributed by atoms with Crippen LogP contribution in [0.5, 0.6) is 0 Å². The van der Waals surface area contributed by atoms with Gasteiger partial charge in [-0.25, -0.2) is 0 Å². The Hall–Kier alpha value is -2.62. The summed E-state index contributed by atoms with van der Waals surface area (Å²) in [5.74, 6) is 0.0434. The molecule has 0 fully saturated rings. The fraction of sp³-hybridized carbons (Fsp3) is 0.263. The van der Waals surface area contributed by atoms with Crippen molar-refractivity contribution >= 4 is 16.8 Å². The second-order valence-electron chi connectivity index (χ2n) is 5.89. The summed E-state index contributed by atoms with van der Waals surface area (Å²) in [4.78, 5) is 12.0. The first-order valence-corrected chi connectivity index (χ1v) is 7.87. The molecule has 118 valence electrons. The van der Waals surface area contributed by atoms with Crippen molar-refractivity contribution in [3.63, 3.8) is 0 Å². The lowest BCUT2D eigenvalue weighted by Gasteiger charge is -2.07. The monoisotopic (exact) mass is 307 g/mol. The molecule has 0 aliphatic rings. The predicted octanol–water partition coefficient (Wildman–Crippen LogP) is 3.36. The first kappa shape index (κ1) is 15.3. The van der Waals surface area contributed by atoms with Crippen molar-refractivity contribution in [2.45, 2.75) is 33.4 Å². The molecule has 0 aliphatic carbocycles. The molecular formula is C19H21N3O. The molecule has 0 aliphatic heterocycles. The van der Waals surface area contributed by atoms with E-state index in [2.05, 4.69) is 42.5 Å². The Morgan fingerprint density at radius 3 is 2.70 bits per heavy atom. The fourth-order valence-electron chi connectivity index (χ4n) is 2.63. The number of carbonyl (C=O) groups excluding carboxylic acids is 1. The number of aryl methyl sites for hydroxylation is 3. The van der Waals surface area contributed by atoms with Crippen LogP contribution >= 0.6 is 0 Å². The molecule has 4 heteroatoms. The molecule has 0 unspecified atom stereocenters. The van der Waals surface area contributed by atoms with Crippen LogP contribution in [-0.4, -0.2) is 15.7 Å². The third-order valence-electron chi connectivity index (χ3n) is 4.07. The first-order valence-electron chi connectivity index (χ1n) is 7.87. The maximum atomic E-state index is 12.0. The summed E-state index contributed by atoms with van der Waals surface area (Å²) in [5, 5.41) is 8.50. The van der Waals surface area contributed by atoms with Gasteiger partial charge in [0.1, 0.15) is 0 Å². The van der Waals surface area contributed by atoms with Crippen LogP contribution in [-0.2, 0) is 17.9 Å². The Morgan fingerprint density at radius 2 is 1.91 bits per heavy atom. The molecule has 23 heavy (non-hydrogen) atoms. The van der Waals surface area contributed by atoms with Crippen LogP contribution in [0.3, 0.4) is 0 Å². The van der Waals surface area contributed by atoms with E-state index in [1.807, 2.05) is 35.1 Å². The average molecular weight is 307 g/mol. The molecule has 1 aromatic heterocycles. The summed E-state index contributed by atoms with van der Waals surface area (Å²) in [7, 11) is 0. The first-order chi connectivity index (χ1) is 11.1. The number of nitrogens with one attached hydrogen (secondary N) is 1. The largest absolute Gasteiger partial charge is 0.352 e. The highest BCUT2D eigenvalue weighted by molar-refractivity contribution is 5.82. The molecule has 3 rings (SSSR count). The number of benzene rings is 2. The van der Waals surface area contributed by atoms with Crippen molar-refractivity contribution in [3.05, 3.63) is 65.4 Å². The number of hydrogen-bond donors (Lipinski definition) is 1. The minimum Gasteiger partial charge on any atom is -0.352 e. The summed E-state index contributed by atoms with van der Waals surface area (Å²) in [6, 6.07) is 14.3. The molecule has 2 aromatic carbocycles. The van der Waals surface area contributed by atoms with Crippen LogP contribution in [0.1, 0.15) is 23.1 Å². The fourth-order valence-corrected chi connectivity index (χ4v) is 2.63. The van der Waals surface area contributed by atoms with Gasteiger partial charge < -0.3 is 5.32 Å². The van der Waals surface area contributed by atoms with Crippen molar-refractivity contribution in [1.29, 1.82) is 0 Å². The summed E-state index contributed by atoms with van der Waals surface area (Å²) in [5.41, 5.74) is 4.62. The summed E-state index contributed by atoms with van der Waals surface area (Å²) < 4.78 is 1.90. The minimum atomic E-state index is 0.0434. The van der Waals surface area contributed by atoms with Crippen LogP contribution in [0.4, 0.5) is 0 Å². The maximum absolute atomic E-state index is 12.0. The number of carbonyl (C=O) groups is 1. The molecule has 0 radical (unpaired) electrons. The highest BCUT2D eigenvalue weighted by Crippen LogP contribution is 2.17. The smallest absolute Gasteiger partial charge is 0.222 e. The average Bonchev–Trinajstić information content (AvgIpc) is 2.97. The zero-order valence-corrected chi connectivity index (χ0v) is 13.5. The lowest BCUT2D eigenvalue weighted by molar-refractivity contribution is -0.121. The summed E-state index contributed by atoms with van der Waals surface area (Å²) in [6.07, 6.45) is 2.30. The summed E-state index contributed by atoms with van der Waals surface area (Å²) >= 11 is 0. The van der Waals surface area contributed by atoms with Gasteiger partial charge in [-0.05, 0) is 31.0 Å². The van der Waals surface area contributed by atoms with E-state index in [1.54, 1.807) is 0 Å². The Kier molecular flexibility index (Phi) is 4.42. The van der Waals surface area contributed by atoms with Crippen LogP contribution in [0, 0.1) is 13.8 Å². The van der Waals surface area contributed by atoms with Crippen molar-refractivity contribution in [1.82, 2.24) is 15.1 Å². The zero-order valence-electron chi connectivity index (χ0n) is 13.5. The molecule has 1 N–H and O–H groups in total. The molecule has 0 atom stereocenters. The zero-order chi connectivity index (χ0) is 16.2. The van der Waals surface area contributed by atoms with E-state index in [0.29, 0.717) is 19.5 Å². The molecule has 0 saturated heterocycles. The van der Waals surface area contributed by atoms with Gasteiger partial charge in [0.25, 0.3) is 0 Å². The van der Waals surface area contributed by atoms with Gasteiger partial charge in [-0.3, -0.25) is 9.48 Å². The van der Waals surface area contributed by atoms with E-state index in [-0.39, 0.29) is 5.91 Å². The van der Waals surface area contributed by atoms with E-state index in [4.69, 9.17) is 0 Å². The molecule has 1 amide bonds. The maximum Gasteiger partial charge on any atom is 0.222 e. The van der Waals surface area contributed by atoms with Crippen molar-refractivity contribution in [2.75, 3.05) is 0 Å². The normalized spacial score (nSPS) is 10.9. The number of amides is 1. The van der Waals surface area contributed by atoms with Gasteiger partial charge in [0.15, 0.2) is 0 Å². The standard InChI is InChI=1S/C19H21N3O/c1-14-6-8-16(9-7-14)12-20-19(23)10-11-22-18-5-3-4-15(2)17(18)13-21-22/h3-9,13H,10-12H2,1-2H3,(H,20,23). The molecule has 3 aromatic rings. The van der Waals surface area contributed by atoms with Crippen molar-refractivity contribution in [2.24, 2.45) is 0 Å². The number of rotatable bonds is 5. The van der Waals surface area contributed by atoms with Crippen LogP contribution < -0.4 is 5.32 Å². The van der Waals surface area contributed by atoms with Gasteiger partial charge in [-0.1, -0.05) is 42.0 Å². The van der Waals surface area contributed by atoms with Gasteiger partial charge in [0.05, 0.1) is 18.3 Å². The Balaban J connectivity index is 1.56. The highest BCUT2D eigenvalue weighted by atomic mass is 16.1. The molecule has 0 bridgehead atoms. The van der Waals surface area contributed by atoms with Gasteiger partial charge in [0.2, 0.25) is 5.91 Å². The van der Waals surface area contributed by atoms with E-state index in [0.717, 1.165) is 16.5 Å². The lowest BCUT2D eigenvalue weighted by Crippen LogP contribution is -2.24. The van der Waals surface area contributed by atoms with E-state index in [9.17, 15) is 4.79 Å². The van der Waals surface area contributed by atoms with Gasteiger partial charge in [-0.2, -0.15) is 5.10 Å². The SMILES string of the molecule is Cc1ccc(CNC(=O)CCn2ncc3c(C)cccc32)cc1. The topological polar surface area (TPSA) is 46.9 Å². The third-order valence-corrected chi connectivity index (χ3v) is 4.07. The van der Waals surface area contributed by atoms with E-state index >= 15 is 0 Å². The summed E-state index contributed by atoms with van der Waals surface area (Å²) in [6.45, 7) is 5.28. The Bertz CT molecular complexity index is 818. The van der Waals surface area contributed by atoms with Crippen LogP contribution in [0.25, 0.3) is 10.9 Å². The number of nitrogens with zero attached hydrogens (tertiary/aromatic N) is 2. The van der Waals surface area contributed by atoms with Crippen molar-refractivity contribution < 1.29 is 4.79 Å². The van der Waals surface area contributed by atoms with Crippen molar-refractivity contribution in [3.8, 4) is 0 Å². The second-order valence-corrected chi connectivity index (χ2v) is 5.89. The van der Waals surface area contributed by atoms with Gasteiger partial charge in [0, 0.05) is 18.4 Å². The third kappa shape index (κ3) is 3.59. The van der Waals surface area contributed by atoms with Gasteiger partial charge in [-0.15, -0.1) is 0 Å². The number of fused-ring (bicyclic) bond motifs is 1. The van der Waals surface area contributed by atoms with Gasteiger partial charge >= 0.3 is 0 Å². The van der Waals surface area contributed by atoms with E-state index in [1.165, 1.54) is 11.1 Å². The minimum absolute atomic E-state index is 0.0434. The second kappa shape index (κ2) is 6.65. The Labute approximate surface area is 136 Å². The molecule has 0 saturated carbocycles. The highest BCUT2D eigenvalue weighted by Gasteiger charge is 2.07. The molecule has 1 heterocycles. The molecule has 4 nitrogen and oxygen atoms in total. The Morgan fingerprint density at radius 1 is 1.13 bits per heavy atom. The van der Waals surface area contributed by atoms with Crippen LogP contribution in [0.15, 0.2) is 48.7 Å². The lowest BCUT2D eigenvalue weighted by atomic mass is 10.1. The molecular weight excluding hydrogens is 286 g/mol. The van der Waals surface area contributed by atoms with Crippen LogP contribution in [0.2, 0.25) is 0 Å². The quantitative estimate of drug-likeness (QED) is 0.785. The predicted molar refractivity (Wildman–Crippen MR) is 92.1 cm³/mol.